The number of hydrogen-bond acceptors (Lipinski definition) is 4. The van der Waals surface area contributed by atoms with Crippen molar-refractivity contribution in [2.24, 2.45) is 5.73 Å². The van der Waals surface area contributed by atoms with Crippen LogP contribution in [0.25, 0.3) is 0 Å². The van der Waals surface area contributed by atoms with Crippen molar-refractivity contribution in [3.8, 4) is 11.5 Å². The molecule has 1 atom stereocenters. The summed E-state index contributed by atoms with van der Waals surface area (Å²) in [4.78, 5) is 0. The maximum absolute atomic E-state index is 5.76. The van der Waals surface area contributed by atoms with Crippen molar-refractivity contribution in [2.45, 2.75) is 12.9 Å². The van der Waals surface area contributed by atoms with Crippen LogP contribution in [-0.2, 0) is 4.65 Å². The molecule has 84 valence electrons. The van der Waals surface area contributed by atoms with Crippen LogP contribution in [0.3, 0.4) is 0 Å². The van der Waals surface area contributed by atoms with E-state index in [2.05, 4.69) is 0 Å². The monoisotopic (exact) mass is 219 g/mol. The van der Waals surface area contributed by atoms with E-state index in [4.69, 9.17) is 19.9 Å². The third-order valence-corrected chi connectivity index (χ3v) is 3.12. The average Bonchev–Trinajstić information content (AvgIpc) is 2.63. The van der Waals surface area contributed by atoms with Gasteiger partial charge in [-0.15, -0.1) is 0 Å². The zero-order valence-corrected chi connectivity index (χ0v) is 9.23. The molecule has 2 aliphatic rings. The van der Waals surface area contributed by atoms with Gasteiger partial charge in [-0.05, 0) is 23.2 Å². The highest BCUT2D eigenvalue weighted by molar-refractivity contribution is 6.67. The van der Waals surface area contributed by atoms with Gasteiger partial charge in [-0.25, -0.2) is 0 Å². The Bertz CT molecular complexity index is 424. The van der Waals surface area contributed by atoms with Crippen molar-refractivity contribution in [1.82, 2.24) is 0 Å². The first kappa shape index (κ1) is 9.99. The normalized spacial score (nSPS) is 22.1. The SMILES string of the molecule is CB1OC(CN)c2cc3c(cc21)OCCO3. The molecule has 5 heteroatoms. The molecular weight excluding hydrogens is 205 g/mol. The van der Waals surface area contributed by atoms with Crippen molar-refractivity contribution < 1.29 is 14.1 Å². The van der Waals surface area contributed by atoms with Crippen LogP contribution in [0.5, 0.6) is 11.5 Å². The Hall–Kier alpha value is -1.20. The van der Waals surface area contributed by atoms with Gasteiger partial charge < -0.3 is 19.9 Å². The summed E-state index contributed by atoms with van der Waals surface area (Å²) in [5.74, 6) is 1.62. The summed E-state index contributed by atoms with van der Waals surface area (Å²) in [6, 6.07) is 4.02. The van der Waals surface area contributed by atoms with Gasteiger partial charge in [0.25, 0.3) is 0 Å². The highest BCUT2D eigenvalue weighted by atomic mass is 16.6. The molecule has 0 amide bonds. The molecule has 1 aromatic rings. The molecule has 0 radical (unpaired) electrons. The summed E-state index contributed by atoms with van der Waals surface area (Å²) >= 11 is 0. The summed E-state index contributed by atoms with van der Waals surface area (Å²) in [6.07, 6.45) is -0.0131. The van der Waals surface area contributed by atoms with Crippen molar-refractivity contribution in [3.63, 3.8) is 0 Å². The van der Waals surface area contributed by atoms with Crippen molar-refractivity contribution >= 4 is 12.4 Å². The van der Waals surface area contributed by atoms with Crippen LogP contribution in [0.2, 0.25) is 6.82 Å². The quantitative estimate of drug-likeness (QED) is 0.691. The molecule has 2 aliphatic heterocycles. The largest absolute Gasteiger partial charge is 0.486 e. The summed E-state index contributed by atoms with van der Waals surface area (Å²) in [7, 11) is 0. The Kier molecular flexibility index (Phi) is 2.30. The number of hydrogen-bond donors (Lipinski definition) is 1. The van der Waals surface area contributed by atoms with E-state index in [1.165, 1.54) is 5.46 Å². The second-order valence-corrected chi connectivity index (χ2v) is 4.13. The predicted molar refractivity (Wildman–Crippen MR) is 61.6 cm³/mol. The van der Waals surface area contributed by atoms with E-state index in [0.717, 1.165) is 17.1 Å². The molecule has 1 aromatic carbocycles. The highest BCUT2D eigenvalue weighted by Gasteiger charge is 2.33. The van der Waals surface area contributed by atoms with Gasteiger partial charge in [-0.1, -0.05) is 6.82 Å². The summed E-state index contributed by atoms with van der Waals surface area (Å²) in [6.45, 7) is 3.83. The molecule has 4 nitrogen and oxygen atoms in total. The number of nitrogens with two attached hydrogens (primary N) is 1. The second kappa shape index (κ2) is 3.68. The Balaban J connectivity index is 2.08. The molecule has 1 unspecified atom stereocenters. The summed E-state index contributed by atoms with van der Waals surface area (Å²) in [5, 5.41) is 0. The molecule has 3 rings (SSSR count). The van der Waals surface area contributed by atoms with Gasteiger partial charge in [0.05, 0.1) is 6.10 Å². The molecule has 0 spiro atoms. The average molecular weight is 219 g/mol. The van der Waals surface area contributed by atoms with Crippen LogP contribution in [-0.4, -0.2) is 26.7 Å². The molecular formula is C11H14BNO3. The maximum Gasteiger partial charge on any atom is 0.324 e. The predicted octanol–water partition coefficient (Wildman–Crippen LogP) is 0.316. The van der Waals surface area contributed by atoms with E-state index >= 15 is 0 Å². The molecule has 0 aromatic heterocycles. The van der Waals surface area contributed by atoms with Crippen LogP contribution in [0.15, 0.2) is 12.1 Å². The van der Waals surface area contributed by atoms with Gasteiger partial charge in [-0.2, -0.15) is 0 Å². The Labute approximate surface area is 94.8 Å². The number of fused-ring (bicyclic) bond motifs is 2. The zero-order chi connectivity index (χ0) is 11.1. The van der Waals surface area contributed by atoms with Gasteiger partial charge >= 0.3 is 6.92 Å². The van der Waals surface area contributed by atoms with Gasteiger partial charge in [0.15, 0.2) is 11.5 Å². The lowest BCUT2D eigenvalue weighted by molar-refractivity contribution is 0.171. The van der Waals surface area contributed by atoms with Gasteiger partial charge in [0, 0.05) is 6.54 Å². The Morgan fingerprint density at radius 1 is 1.31 bits per heavy atom. The molecule has 0 saturated heterocycles. The molecule has 0 fully saturated rings. The zero-order valence-electron chi connectivity index (χ0n) is 9.23. The van der Waals surface area contributed by atoms with Crippen LogP contribution in [0.1, 0.15) is 11.7 Å². The lowest BCUT2D eigenvalue weighted by atomic mass is 9.64. The fourth-order valence-electron chi connectivity index (χ4n) is 2.33. The van der Waals surface area contributed by atoms with E-state index in [1.807, 2.05) is 19.0 Å². The van der Waals surface area contributed by atoms with Crippen LogP contribution >= 0.6 is 0 Å². The standard InChI is InChI=1S/C11H14BNO3/c1-12-8-5-10-9(14-2-3-15-10)4-7(8)11(6-13)16-12/h4-5,11H,2-3,6,13H2,1H3. The van der Waals surface area contributed by atoms with Crippen molar-refractivity contribution in [1.29, 1.82) is 0 Å². The van der Waals surface area contributed by atoms with Crippen LogP contribution in [0, 0.1) is 0 Å². The smallest absolute Gasteiger partial charge is 0.324 e. The van der Waals surface area contributed by atoms with Crippen molar-refractivity contribution in [3.05, 3.63) is 17.7 Å². The minimum atomic E-state index is -0.0131. The van der Waals surface area contributed by atoms with Crippen LogP contribution in [0.4, 0.5) is 0 Å². The first-order valence-corrected chi connectivity index (χ1v) is 5.58. The Morgan fingerprint density at radius 3 is 2.69 bits per heavy atom. The Morgan fingerprint density at radius 2 is 2.00 bits per heavy atom. The lowest BCUT2D eigenvalue weighted by Gasteiger charge is -2.20. The molecule has 16 heavy (non-hydrogen) atoms. The first-order chi connectivity index (χ1) is 7.79. The third-order valence-electron chi connectivity index (χ3n) is 3.12. The summed E-state index contributed by atoms with van der Waals surface area (Å²) in [5.41, 5.74) is 7.99. The van der Waals surface area contributed by atoms with Crippen LogP contribution < -0.4 is 20.7 Å². The van der Waals surface area contributed by atoms with E-state index in [1.54, 1.807) is 0 Å². The second-order valence-electron chi connectivity index (χ2n) is 4.13. The summed E-state index contributed by atoms with van der Waals surface area (Å²) < 4.78 is 16.9. The molecule has 2 N–H and O–H groups in total. The van der Waals surface area contributed by atoms with E-state index < -0.39 is 0 Å². The van der Waals surface area contributed by atoms with E-state index in [9.17, 15) is 0 Å². The molecule has 2 heterocycles. The van der Waals surface area contributed by atoms with Gasteiger partial charge in [0.2, 0.25) is 0 Å². The third kappa shape index (κ3) is 1.39. The lowest BCUT2D eigenvalue weighted by Crippen LogP contribution is -2.26. The number of rotatable bonds is 1. The highest BCUT2D eigenvalue weighted by Crippen LogP contribution is 2.35. The number of benzene rings is 1. The van der Waals surface area contributed by atoms with E-state index in [0.29, 0.717) is 19.8 Å². The fourth-order valence-corrected chi connectivity index (χ4v) is 2.33. The molecule has 0 saturated carbocycles. The maximum atomic E-state index is 5.76. The first-order valence-electron chi connectivity index (χ1n) is 5.58. The fraction of sp³-hybridized carbons (Fsp3) is 0.455. The van der Waals surface area contributed by atoms with Gasteiger partial charge in [0.1, 0.15) is 13.2 Å². The molecule has 0 bridgehead atoms. The minimum Gasteiger partial charge on any atom is -0.486 e. The van der Waals surface area contributed by atoms with Crippen molar-refractivity contribution in [2.75, 3.05) is 19.8 Å². The number of ether oxygens (including phenoxy) is 2. The minimum absolute atomic E-state index is 0.0131. The molecule has 0 aliphatic carbocycles. The van der Waals surface area contributed by atoms with Gasteiger partial charge in [-0.3, -0.25) is 0 Å². The topological polar surface area (TPSA) is 53.7 Å². The van der Waals surface area contributed by atoms with E-state index in [-0.39, 0.29) is 13.0 Å².